The van der Waals surface area contributed by atoms with Crippen molar-refractivity contribution in [3.05, 3.63) is 0 Å². The summed E-state index contributed by atoms with van der Waals surface area (Å²) in [5, 5.41) is 20.6. The third kappa shape index (κ3) is 8.58. The first-order chi connectivity index (χ1) is 18.9. The van der Waals surface area contributed by atoms with Crippen molar-refractivity contribution in [2.45, 2.75) is 77.4 Å². The van der Waals surface area contributed by atoms with Crippen LogP contribution in [0.3, 0.4) is 0 Å². The van der Waals surface area contributed by atoms with E-state index in [0.29, 0.717) is 52.1 Å². The van der Waals surface area contributed by atoms with Crippen molar-refractivity contribution >= 4 is 24.1 Å². The van der Waals surface area contributed by atoms with E-state index in [4.69, 9.17) is 29.3 Å². The smallest absolute Gasteiger partial charge is 0.414 e. The Balaban J connectivity index is 0.000000247. The number of carbonyl (C=O) groups is 4. The van der Waals surface area contributed by atoms with Crippen LogP contribution in [0.5, 0.6) is 0 Å². The lowest BCUT2D eigenvalue weighted by Crippen LogP contribution is -2.69. The van der Waals surface area contributed by atoms with E-state index in [-0.39, 0.29) is 0 Å². The number of nitrogens with zero attached hydrogens (tertiary/aromatic N) is 2. The molecule has 4 N–H and O–H groups in total. The van der Waals surface area contributed by atoms with Gasteiger partial charge >= 0.3 is 24.1 Å². The first kappa shape index (κ1) is 35.3. The van der Waals surface area contributed by atoms with Crippen molar-refractivity contribution in [3.63, 3.8) is 0 Å². The van der Waals surface area contributed by atoms with Crippen LogP contribution >= 0.6 is 0 Å². The van der Waals surface area contributed by atoms with Gasteiger partial charge in [0, 0.05) is 39.3 Å². The third-order valence-corrected chi connectivity index (χ3v) is 7.39. The van der Waals surface area contributed by atoms with Crippen LogP contribution in [0.25, 0.3) is 0 Å². The lowest BCUT2D eigenvalue weighted by atomic mass is 9.70. The maximum absolute atomic E-state index is 14.1. The van der Waals surface area contributed by atoms with Crippen molar-refractivity contribution in [2.75, 3.05) is 52.4 Å². The number of hydrogen-bond acceptors (Lipinski definition) is 8. The number of aliphatic carboxylic acids is 2. The zero-order chi connectivity index (χ0) is 32.4. The SMILES string of the molecule is CC(C)(C)OC(=O)N1CCC2(CNC2)C(F)(F)C1.CC(C)(C)OC(=O)N1CCC2(CNC2)C(F)(F)C1.O=C(O)C(=O)O. The van der Waals surface area contributed by atoms with Crippen molar-refractivity contribution < 1.29 is 56.4 Å². The summed E-state index contributed by atoms with van der Waals surface area (Å²) in [6.07, 6.45) is -0.646. The van der Waals surface area contributed by atoms with Crippen molar-refractivity contribution in [2.24, 2.45) is 10.8 Å². The highest BCUT2D eigenvalue weighted by atomic mass is 19.3. The Bertz CT molecular complexity index is 941. The molecule has 4 aliphatic rings. The van der Waals surface area contributed by atoms with Crippen molar-refractivity contribution in [1.82, 2.24) is 20.4 Å². The average molecular weight is 615 g/mol. The molecule has 0 aromatic heterocycles. The van der Waals surface area contributed by atoms with Crippen LogP contribution < -0.4 is 10.6 Å². The summed E-state index contributed by atoms with van der Waals surface area (Å²) in [4.78, 5) is 44.0. The molecule has 0 aromatic rings. The Morgan fingerprint density at radius 1 is 0.643 bits per heavy atom. The Labute approximate surface area is 242 Å². The largest absolute Gasteiger partial charge is 0.473 e. The third-order valence-electron chi connectivity index (χ3n) is 7.39. The lowest BCUT2D eigenvalue weighted by molar-refractivity contribution is -0.185. The maximum Gasteiger partial charge on any atom is 0.414 e. The second kappa shape index (κ2) is 12.4. The van der Waals surface area contributed by atoms with Gasteiger partial charge in [-0.05, 0) is 54.4 Å². The molecule has 4 aliphatic heterocycles. The van der Waals surface area contributed by atoms with Gasteiger partial charge in [0.2, 0.25) is 0 Å². The number of piperidine rings is 2. The van der Waals surface area contributed by atoms with E-state index in [2.05, 4.69) is 10.6 Å². The van der Waals surface area contributed by atoms with Crippen LogP contribution in [0.2, 0.25) is 0 Å². The summed E-state index contributed by atoms with van der Waals surface area (Å²) in [6.45, 7) is 11.3. The van der Waals surface area contributed by atoms with Gasteiger partial charge in [-0.25, -0.2) is 36.7 Å². The van der Waals surface area contributed by atoms with Crippen LogP contribution in [0.15, 0.2) is 0 Å². The van der Waals surface area contributed by atoms with Gasteiger partial charge in [0.15, 0.2) is 0 Å². The fraction of sp³-hybridized carbons (Fsp3) is 0.846. The molecule has 4 fully saturated rings. The molecular formula is C26H42F4N4O8. The van der Waals surface area contributed by atoms with Gasteiger partial charge in [-0.3, -0.25) is 0 Å². The minimum absolute atomic E-state index is 0.326. The van der Waals surface area contributed by atoms with Crippen LogP contribution in [0, 0.1) is 10.8 Å². The summed E-state index contributed by atoms with van der Waals surface area (Å²) in [5.74, 6) is -9.33. The van der Waals surface area contributed by atoms with E-state index in [1.807, 2.05) is 0 Å². The predicted molar refractivity (Wildman–Crippen MR) is 141 cm³/mol. The second-order valence-electron chi connectivity index (χ2n) is 13.1. The van der Waals surface area contributed by atoms with E-state index >= 15 is 0 Å². The standard InChI is InChI=1S/2C12H20F2N2O2.C2H2O4/c2*1-10(2,3)18-9(17)16-5-4-11(6-15-7-11)12(13,14)8-16;3-1(4)2(5)6/h2*15H,4-8H2,1-3H3;(H,3,4)(H,5,6). The Hall–Kier alpha value is -2.88. The van der Waals surface area contributed by atoms with Crippen LogP contribution in [-0.2, 0) is 19.1 Å². The molecule has 4 rings (SSSR count). The monoisotopic (exact) mass is 614 g/mol. The van der Waals surface area contributed by atoms with Gasteiger partial charge < -0.3 is 40.1 Å². The number of nitrogens with one attached hydrogen (secondary N) is 2. The summed E-state index contributed by atoms with van der Waals surface area (Å²) in [7, 11) is 0. The zero-order valence-electron chi connectivity index (χ0n) is 24.8. The minimum atomic E-state index is -2.84. The van der Waals surface area contributed by atoms with Crippen LogP contribution in [0.1, 0.15) is 54.4 Å². The van der Waals surface area contributed by atoms with Crippen LogP contribution in [0.4, 0.5) is 27.2 Å². The Morgan fingerprint density at radius 2 is 0.929 bits per heavy atom. The number of rotatable bonds is 0. The predicted octanol–water partition coefficient (Wildman–Crippen LogP) is 2.86. The van der Waals surface area contributed by atoms with Crippen molar-refractivity contribution in [1.29, 1.82) is 0 Å². The molecule has 0 atom stereocenters. The minimum Gasteiger partial charge on any atom is -0.473 e. The summed E-state index contributed by atoms with van der Waals surface area (Å²) in [6, 6.07) is 0. The number of carbonyl (C=O) groups excluding carboxylic acids is 2. The van der Waals surface area contributed by atoms with E-state index in [0.717, 1.165) is 9.80 Å². The van der Waals surface area contributed by atoms with Gasteiger partial charge in [0.05, 0.1) is 23.9 Å². The highest BCUT2D eigenvalue weighted by Crippen LogP contribution is 2.47. The van der Waals surface area contributed by atoms with E-state index in [1.165, 1.54) is 0 Å². The molecule has 4 heterocycles. The average Bonchev–Trinajstić information content (AvgIpc) is 2.74. The number of halogens is 4. The van der Waals surface area contributed by atoms with Gasteiger partial charge in [-0.15, -0.1) is 0 Å². The molecule has 0 bridgehead atoms. The summed E-state index contributed by atoms with van der Waals surface area (Å²) >= 11 is 0. The van der Waals surface area contributed by atoms with Gasteiger partial charge in [-0.1, -0.05) is 0 Å². The molecular weight excluding hydrogens is 572 g/mol. The molecule has 0 saturated carbocycles. The molecule has 12 nitrogen and oxygen atoms in total. The highest BCUT2D eigenvalue weighted by molar-refractivity contribution is 6.27. The molecule has 42 heavy (non-hydrogen) atoms. The molecule has 0 radical (unpaired) electrons. The van der Waals surface area contributed by atoms with Gasteiger partial charge in [0.25, 0.3) is 11.8 Å². The van der Waals surface area contributed by atoms with Gasteiger partial charge in [0.1, 0.15) is 11.2 Å². The first-order valence-electron chi connectivity index (χ1n) is 13.5. The molecule has 4 saturated heterocycles. The van der Waals surface area contributed by atoms with E-state index < -0.39 is 71.1 Å². The molecule has 16 heteroatoms. The molecule has 0 aromatic carbocycles. The zero-order valence-corrected chi connectivity index (χ0v) is 24.8. The molecule has 2 amide bonds. The lowest BCUT2D eigenvalue weighted by Gasteiger charge is -2.52. The number of carboxylic acid groups (broad SMARTS) is 2. The second-order valence-corrected chi connectivity index (χ2v) is 13.1. The molecule has 0 unspecified atom stereocenters. The number of carboxylic acids is 2. The fourth-order valence-corrected chi connectivity index (χ4v) is 4.73. The Morgan fingerprint density at radius 3 is 1.10 bits per heavy atom. The summed E-state index contributed by atoms with van der Waals surface area (Å²) in [5.41, 5.74) is -3.21. The number of hydrogen-bond donors (Lipinski definition) is 4. The van der Waals surface area contributed by atoms with Crippen molar-refractivity contribution in [3.8, 4) is 0 Å². The Kier molecular flexibility index (Phi) is 10.4. The van der Waals surface area contributed by atoms with E-state index in [9.17, 15) is 27.2 Å². The summed E-state index contributed by atoms with van der Waals surface area (Å²) < 4.78 is 66.5. The number of likely N-dealkylation sites (tertiary alicyclic amines) is 2. The number of ether oxygens (including phenoxy) is 2. The highest BCUT2D eigenvalue weighted by Gasteiger charge is 2.61. The van der Waals surface area contributed by atoms with Crippen LogP contribution in [-0.4, -0.2) is 120 Å². The normalized spacial score (nSPS) is 23.1. The molecule has 242 valence electrons. The van der Waals surface area contributed by atoms with Gasteiger partial charge in [-0.2, -0.15) is 0 Å². The molecule has 0 aliphatic carbocycles. The quantitative estimate of drug-likeness (QED) is 0.236. The number of amides is 2. The number of alkyl halides is 4. The molecule has 2 spiro atoms. The first-order valence-corrected chi connectivity index (χ1v) is 13.5. The topological polar surface area (TPSA) is 158 Å². The maximum atomic E-state index is 14.1. The van der Waals surface area contributed by atoms with E-state index in [1.54, 1.807) is 41.5 Å². The fourth-order valence-electron chi connectivity index (χ4n) is 4.73.